The van der Waals surface area contributed by atoms with E-state index in [2.05, 4.69) is 48.0 Å². The average molecular weight is 609 g/mol. The Kier molecular flexibility index (Phi) is 12.0. The molecule has 0 aromatic heterocycles. The number of hydrogen-bond donors (Lipinski definition) is 0. The van der Waals surface area contributed by atoms with Gasteiger partial charge < -0.3 is 0 Å². The van der Waals surface area contributed by atoms with Crippen molar-refractivity contribution in [1.29, 1.82) is 0 Å². The Balaban J connectivity index is 1.79. The number of carbonyl (C=O) groups excluding carboxylic acids is 1. The zero-order valence-corrected chi connectivity index (χ0v) is 26.2. The van der Waals surface area contributed by atoms with Gasteiger partial charge in [-0.3, -0.25) is 0 Å². The minimum absolute atomic E-state index is 0.0494. The summed E-state index contributed by atoms with van der Waals surface area (Å²) in [6.45, 7) is 8.03. The van der Waals surface area contributed by atoms with Crippen molar-refractivity contribution in [3.05, 3.63) is 45.0 Å². The van der Waals surface area contributed by atoms with Gasteiger partial charge in [0.15, 0.2) is 0 Å². The van der Waals surface area contributed by atoms with E-state index in [-0.39, 0.29) is 23.8 Å². The van der Waals surface area contributed by atoms with Crippen LogP contribution in [0.1, 0.15) is 90.0 Å². The van der Waals surface area contributed by atoms with Gasteiger partial charge in [0.2, 0.25) is 0 Å². The van der Waals surface area contributed by atoms with Gasteiger partial charge in [-0.15, -0.1) is 0 Å². The fraction of sp³-hybridized carbons (Fsp3) is 0.700. The van der Waals surface area contributed by atoms with Crippen LogP contribution in [0, 0.1) is 5.92 Å². The van der Waals surface area contributed by atoms with E-state index in [1.807, 2.05) is 12.1 Å². The van der Waals surface area contributed by atoms with Crippen LogP contribution in [0.5, 0.6) is 0 Å². The van der Waals surface area contributed by atoms with Crippen LogP contribution in [0.25, 0.3) is 0 Å². The second-order valence-electron chi connectivity index (χ2n) is 11.0. The molecule has 35 heavy (non-hydrogen) atoms. The number of rotatable bonds is 14. The van der Waals surface area contributed by atoms with E-state index in [0.29, 0.717) is 6.04 Å². The number of benzene rings is 1. The molecule has 3 rings (SSSR count). The molecule has 0 N–H and O–H groups in total. The first-order valence-corrected chi connectivity index (χ1v) is 22.3. The molecule has 4 atom stereocenters. The van der Waals surface area contributed by atoms with Crippen LogP contribution >= 0.6 is 11.6 Å². The summed E-state index contributed by atoms with van der Waals surface area (Å²) in [7, 11) is 1.55. The molecule has 1 aromatic carbocycles. The number of ether oxygens (including phenoxy) is 1. The second kappa shape index (κ2) is 14.4. The predicted molar refractivity (Wildman–Crippen MR) is 152 cm³/mol. The first-order chi connectivity index (χ1) is 17.0. The van der Waals surface area contributed by atoms with Gasteiger partial charge in [0.05, 0.1) is 0 Å². The Bertz CT molecular complexity index is 789. The summed E-state index contributed by atoms with van der Waals surface area (Å²) >= 11 is 3.87. The Morgan fingerprint density at radius 1 is 1.03 bits per heavy atom. The molecule has 0 unspecified atom stereocenters. The topological polar surface area (TPSA) is 29.5 Å². The van der Waals surface area contributed by atoms with E-state index >= 15 is 0 Å². The van der Waals surface area contributed by atoms with Crippen LogP contribution in [0.4, 0.5) is 0 Å². The molecule has 1 aromatic rings. The van der Waals surface area contributed by atoms with Gasteiger partial charge in [0, 0.05) is 0 Å². The standard InChI is InChI=1S/C18H21ClNO2.3C4H9.Sn/c1-3-10-20-14-8-9-16(20)17(18(21)22-2)15(11-14)12-4-6-13(19)7-5-12;3*1-3-4-2;/h1,3-7,14-17H,8-11H2,2H3;3*1,3-4H2,2H3;/t14-,15+,16+,17-;;;;/m0..../s1. The van der Waals surface area contributed by atoms with Crippen LogP contribution in [0.2, 0.25) is 18.3 Å². The van der Waals surface area contributed by atoms with E-state index in [0.717, 1.165) is 24.4 Å². The number of halogens is 1. The molecule has 3 nitrogen and oxygen atoms in total. The predicted octanol–water partition coefficient (Wildman–Crippen LogP) is 8.39. The van der Waals surface area contributed by atoms with E-state index in [9.17, 15) is 4.79 Å². The van der Waals surface area contributed by atoms with E-state index in [1.165, 1.54) is 63.8 Å². The molecular formula is C30H48ClNO2Sn. The van der Waals surface area contributed by atoms with Crippen LogP contribution in [0.15, 0.2) is 34.4 Å². The molecule has 196 valence electrons. The monoisotopic (exact) mass is 609 g/mol. The van der Waals surface area contributed by atoms with Crippen molar-refractivity contribution < 1.29 is 9.53 Å². The maximum absolute atomic E-state index is 13.1. The summed E-state index contributed by atoms with van der Waals surface area (Å²) in [6, 6.07) is 8.96. The average Bonchev–Trinajstić information content (AvgIpc) is 3.15. The van der Waals surface area contributed by atoms with E-state index in [4.69, 9.17) is 16.3 Å². The quantitative estimate of drug-likeness (QED) is 0.157. The normalized spacial score (nSPS) is 24.8. The van der Waals surface area contributed by atoms with Gasteiger partial charge in [-0.05, 0) is 0 Å². The molecule has 0 saturated carbocycles. The molecule has 2 fully saturated rings. The molecule has 2 saturated heterocycles. The third kappa shape index (κ3) is 7.51. The van der Waals surface area contributed by atoms with Crippen LogP contribution in [0.3, 0.4) is 0 Å². The van der Waals surface area contributed by atoms with Gasteiger partial charge in [0.25, 0.3) is 0 Å². The number of esters is 1. The number of unbranched alkanes of at least 4 members (excludes halogenated alkanes) is 3. The Morgan fingerprint density at radius 3 is 2.17 bits per heavy atom. The summed E-state index contributed by atoms with van der Waals surface area (Å²) < 4.78 is 12.7. The summed E-state index contributed by atoms with van der Waals surface area (Å²) in [5.41, 5.74) is 1.23. The SMILES string of the molecule is CCC[CH2][Sn](/[CH]=C\CN1[C@H]2CC[C@@H]1[C@@H](C(=O)OC)[C@@H](c1ccc(Cl)cc1)C2)([CH2]CCC)[CH2]CCC. The number of nitrogens with zero attached hydrogens (tertiary/aromatic N) is 1. The Labute approximate surface area is 223 Å². The first kappa shape index (κ1) is 29.0. The molecule has 0 amide bonds. The molecule has 2 bridgehead atoms. The minimum atomic E-state index is -2.28. The molecule has 2 heterocycles. The molecule has 0 aliphatic carbocycles. The van der Waals surface area contributed by atoms with Gasteiger partial charge in [-0.2, -0.15) is 0 Å². The number of hydrogen-bond acceptors (Lipinski definition) is 3. The summed E-state index contributed by atoms with van der Waals surface area (Å²) in [4.78, 5) is 15.7. The fourth-order valence-corrected chi connectivity index (χ4v) is 21.2. The first-order valence-electron chi connectivity index (χ1n) is 14.2. The van der Waals surface area contributed by atoms with Crippen molar-refractivity contribution in [2.45, 2.75) is 110 Å². The Hall–Kier alpha value is -0.521. The molecule has 5 heteroatoms. The maximum atomic E-state index is 13.1. The van der Waals surface area contributed by atoms with Crippen LogP contribution in [-0.2, 0) is 9.53 Å². The third-order valence-corrected chi connectivity index (χ3v) is 23.2. The second-order valence-corrected chi connectivity index (χ2v) is 24.5. The number of carbonyl (C=O) groups is 1. The van der Waals surface area contributed by atoms with Crippen LogP contribution < -0.4 is 0 Å². The van der Waals surface area contributed by atoms with Gasteiger partial charge in [-0.1, -0.05) is 0 Å². The van der Waals surface area contributed by atoms with Crippen molar-refractivity contribution in [3.63, 3.8) is 0 Å². The zero-order chi connectivity index (χ0) is 25.3. The van der Waals surface area contributed by atoms with E-state index < -0.39 is 18.4 Å². The van der Waals surface area contributed by atoms with Crippen molar-refractivity contribution in [3.8, 4) is 0 Å². The molecule has 2 aliphatic rings. The van der Waals surface area contributed by atoms with Crippen molar-refractivity contribution >= 4 is 35.9 Å². The number of fused-ring (bicyclic) bond motifs is 2. The van der Waals surface area contributed by atoms with Crippen molar-refractivity contribution in [2.75, 3.05) is 13.7 Å². The number of piperidine rings is 1. The molecular weight excluding hydrogens is 560 g/mol. The third-order valence-electron chi connectivity index (χ3n) is 8.71. The summed E-state index contributed by atoms with van der Waals surface area (Å²) in [6.07, 6.45) is 14.0. The zero-order valence-electron chi connectivity index (χ0n) is 22.6. The van der Waals surface area contributed by atoms with E-state index in [1.54, 1.807) is 7.11 Å². The van der Waals surface area contributed by atoms with Crippen molar-refractivity contribution in [2.24, 2.45) is 5.92 Å². The molecule has 0 spiro atoms. The summed E-state index contributed by atoms with van der Waals surface area (Å²) in [5.74, 6) is 0.0721. The Morgan fingerprint density at radius 2 is 1.63 bits per heavy atom. The van der Waals surface area contributed by atoms with Gasteiger partial charge in [-0.25, -0.2) is 0 Å². The summed E-state index contributed by atoms with van der Waals surface area (Å²) in [5, 5.41) is 0.748. The number of methoxy groups -OCH3 is 1. The fourth-order valence-electron chi connectivity index (χ4n) is 6.74. The molecule has 2 aliphatic heterocycles. The van der Waals surface area contributed by atoms with Gasteiger partial charge >= 0.3 is 225 Å². The van der Waals surface area contributed by atoms with Crippen molar-refractivity contribution in [1.82, 2.24) is 4.90 Å². The molecule has 0 radical (unpaired) electrons. The van der Waals surface area contributed by atoms with Gasteiger partial charge in [0.1, 0.15) is 0 Å². The van der Waals surface area contributed by atoms with Crippen LogP contribution in [-0.4, -0.2) is 55.0 Å².